The molecule has 0 saturated carbocycles. The number of amides is 1. The molecule has 0 saturated heterocycles. The first-order valence-corrected chi connectivity index (χ1v) is 7.80. The second kappa shape index (κ2) is 6.00. The topological polar surface area (TPSA) is 72.9 Å². The van der Waals surface area contributed by atoms with Crippen LogP contribution in [0.4, 0.5) is 4.79 Å². The number of hydrogen-bond acceptors (Lipinski definition) is 5. The summed E-state index contributed by atoms with van der Waals surface area (Å²) < 4.78 is 10.4. The summed E-state index contributed by atoms with van der Waals surface area (Å²) in [6.07, 6.45) is -0.660. The van der Waals surface area contributed by atoms with Crippen LogP contribution in [0.3, 0.4) is 0 Å². The summed E-state index contributed by atoms with van der Waals surface area (Å²) in [4.78, 5) is 38.8. The number of carbonyl (C=O) groups is 3. The van der Waals surface area contributed by atoms with Crippen LogP contribution >= 0.6 is 11.6 Å². The van der Waals surface area contributed by atoms with Crippen LogP contribution in [0, 0.1) is 5.92 Å². The van der Waals surface area contributed by atoms with Gasteiger partial charge < -0.3 is 9.47 Å². The van der Waals surface area contributed by atoms with Gasteiger partial charge in [-0.25, -0.2) is 4.79 Å². The standard InChI is InChI=1S/C16H20ClNO5/c1-8-12(19)11-10(13(20)14(8)22-5)9(6-17)7-18(11)15(21)23-16(2,3)4/h9H,6-7H2,1-5H3/t9-/m1/s1. The molecule has 126 valence electrons. The fourth-order valence-corrected chi connectivity index (χ4v) is 2.96. The van der Waals surface area contributed by atoms with Crippen LogP contribution < -0.4 is 0 Å². The van der Waals surface area contributed by atoms with Crippen molar-refractivity contribution in [1.82, 2.24) is 4.90 Å². The van der Waals surface area contributed by atoms with E-state index in [1.54, 1.807) is 20.8 Å². The molecule has 2 rings (SSSR count). The summed E-state index contributed by atoms with van der Waals surface area (Å²) in [6, 6.07) is 0. The van der Waals surface area contributed by atoms with E-state index in [4.69, 9.17) is 21.1 Å². The van der Waals surface area contributed by atoms with E-state index < -0.39 is 29.2 Å². The molecule has 1 atom stereocenters. The minimum absolute atomic E-state index is 0.00917. The molecule has 0 aromatic heterocycles. The van der Waals surface area contributed by atoms with Crippen LogP contribution in [0.25, 0.3) is 0 Å². The molecule has 2 aliphatic rings. The number of alkyl halides is 1. The first-order valence-electron chi connectivity index (χ1n) is 7.27. The van der Waals surface area contributed by atoms with E-state index in [9.17, 15) is 14.4 Å². The fraction of sp³-hybridized carbons (Fsp3) is 0.562. The van der Waals surface area contributed by atoms with Crippen LogP contribution in [-0.2, 0) is 19.1 Å². The maximum absolute atomic E-state index is 12.6. The van der Waals surface area contributed by atoms with Gasteiger partial charge in [0.05, 0.1) is 7.11 Å². The van der Waals surface area contributed by atoms with Gasteiger partial charge in [-0.15, -0.1) is 11.6 Å². The van der Waals surface area contributed by atoms with Gasteiger partial charge in [0, 0.05) is 29.5 Å². The van der Waals surface area contributed by atoms with Gasteiger partial charge in [-0.3, -0.25) is 14.5 Å². The van der Waals surface area contributed by atoms with Crippen molar-refractivity contribution >= 4 is 29.3 Å². The summed E-state index contributed by atoms with van der Waals surface area (Å²) in [5.41, 5.74) is -0.229. The molecule has 7 heteroatoms. The number of methoxy groups -OCH3 is 1. The number of halogens is 1. The Balaban J connectivity index is 2.47. The van der Waals surface area contributed by atoms with Crippen LogP contribution in [0.1, 0.15) is 27.7 Å². The van der Waals surface area contributed by atoms with Crippen molar-refractivity contribution in [3.63, 3.8) is 0 Å². The molecule has 0 radical (unpaired) electrons. The highest BCUT2D eigenvalue weighted by atomic mass is 35.5. The lowest BCUT2D eigenvalue weighted by atomic mass is 9.89. The number of carbonyl (C=O) groups excluding carboxylic acids is 3. The van der Waals surface area contributed by atoms with Gasteiger partial charge in [-0.1, -0.05) is 0 Å². The molecule has 0 unspecified atom stereocenters. The molecule has 0 aromatic rings. The van der Waals surface area contributed by atoms with Crippen molar-refractivity contribution < 1.29 is 23.9 Å². The smallest absolute Gasteiger partial charge is 0.414 e. The minimum atomic E-state index is -0.707. The summed E-state index contributed by atoms with van der Waals surface area (Å²) >= 11 is 5.94. The van der Waals surface area contributed by atoms with Crippen molar-refractivity contribution in [2.45, 2.75) is 33.3 Å². The Labute approximate surface area is 140 Å². The second-order valence-corrected chi connectivity index (χ2v) is 6.83. The van der Waals surface area contributed by atoms with Crippen molar-refractivity contribution in [3.8, 4) is 0 Å². The molecular formula is C16H20ClNO5. The lowest BCUT2D eigenvalue weighted by Crippen LogP contribution is -2.38. The van der Waals surface area contributed by atoms with Gasteiger partial charge in [-0.05, 0) is 27.7 Å². The van der Waals surface area contributed by atoms with E-state index in [0.29, 0.717) is 0 Å². The number of nitrogens with zero attached hydrogens (tertiary/aromatic N) is 1. The molecule has 1 aliphatic heterocycles. The highest BCUT2D eigenvalue weighted by Crippen LogP contribution is 2.38. The van der Waals surface area contributed by atoms with Crippen LogP contribution in [-0.4, -0.2) is 47.7 Å². The number of ether oxygens (including phenoxy) is 2. The monoisotopic (exact) mass is 341 g/mol. The molecule has 0 fully saturated rings. The molecule has 0 bridgehead atoms. The third kappa shape index (κ3) is 3.00. The summed E-state index contributed by atoms with van der Waals surface area (Å²) in [7, 11) is 1.34. The van der Waals surface area contributed by atoms with E-state index in [2.05, 4.69) is 0 Å². The molecule has 0 spiro atoms. The Morgan fingerprint density at radius 3 is 2.39 bits per heavy atom. The Bertz CT molecular complexity index is 641. The third-order valence-electron chi connectivity index (χ3n) is 3.69. The molecular weight excluding hydrogens is 322 g/mol. The van der Waals surface area contributed by atoms with E-state index in [1.165, 1.54) is 18.9 Å². The first-order chi connectivity index (χ1) is 10.6. The normalized spacial score (nSPS) is 21.8. The average molecular weight is 342 g/mol. The number of rotatable bonds is 2. The lowest BCUT2D eigenvalue weighted by molar-refractivity contribution is -0.119. The highest BCUT2D eigenvalue weighted by Gasteiger charge is 2.47. The van der Waals surface area contributed by atoms with Crippen LogP contribution in [0.15, 0.2) is 22.6 Å². The predicted molar refractivity (Wildman–Crippen MR) is 83.9 cm³/mol. The summed E-state index contributed by atoms with van der Waals surface area (Å²) in [5, 5.41) is 0. The maximum atomic E-state index is 12.6. The maximum Gasteiger partial charge on any atom is 0.414 e. The van der Waals surface area contributed by atoms with Gasteiger partial charge in [0.1, 0.15) is 11.3 Å². The van der Waals surface area contributed by atoms with E-state index in [0.717, 1.165) is 0 Å². The minimum Gasteiger partial charge on any atom is -0.492 e. The zero-order valence-electron chi connectivity index (χ0n) is 13.9. The number of allylic oxidation sites excluding steroid dienone is 2. The predicted octanol–water partition coefficient (Wildman–Crippen LogP) is 2.42. The first kappa shape index (κ1) is 17.5. The van der Waals surface area contributed by atoms with E-state index in [-0.39, 0.29) is 35.0 Å². The van der Waals surface area contributed by atoms with Crippen molar-refractivity contribution in [2.75, 3.05) is 19.5 Å². The molecule has 23 heavy (non-hydrogen) atoms. The van der Waals surface area contributed by atoms with Gasteiger partial charge in [-0.2, -0.15) is 0 Å². The second-order valence-electron chi connectivity index (χ2n) is 6.52. The molecule has 1 aliphatic carbocycles. The Morgan fingerprint density at radius 1 is 1.30 bits per heavy atom. The van der Waals surface area contributed by atoms with E-state index in [1.807, 2.05) is 0 Å². The van der Waals surface area contributed by atoms with Crippen molar-refractivity contribution in [1.29, 1.82) is 0 Å². The van der Waals surface area contributed by atoms with Gasteiger partial charge >= 0.3 is 6.09 Å². The van der Waals surface area contributed by atoms with Crippen molar-refractivity contribution in [2.24, 2.45) is 5.92 Å². The zero-order valence-corrected chi connectivity index (χ0v) is 14.6. The Kier molecular flexibility index (Phi) is 4.57. The van der Waals surface area contributed by atoms with Crippen LogP contribution in [0.2, 0.25) is 0 Å². The fourth-order valence-electron chi connectivity index (χ4n) is 2.71. The molecule has 1 amide bonds. The van der Waals surface area contributed by atoms with Crippen molar-refractivity contribution in [3.05, 3.63) is 22.6 Å². The molecule has 0 aromatic carbocycles. The highest BCUT2D eigenvalue weighted by molar-refractivity contribution is 6.26. The molecule has 1 heterocycles. The lowest BCUT2D eigenvalue weighted by Gasteiger charge is -2.26. The van der Waals surface area contributed by atoms with Gasteiger partial charge in [0.2, 0.25) is 11.6 Å². The summed E-state index contributed by atoms with van der Waals surface area (Å²) in [5.74, 6) is -1.09. The number of hydrogen-bond donors (Lipinski definition) is 0. The van der Waals surface area contributed by atoms with Gasteiger partial charge in [0.15, 0.2) is 5.76 Å². The largest absolute Gasteiger partial charge is 0.492 e. The third-order valence-corrected chi connectivity index (χ3v) is 4.06. The molecule has 6 nitrogen and oxygen atoms in total. The van der Waals surface area contributed by atoms with Crippen LogP contribution in [0.5, 0.6) is 0 Å². The number of Topliss-reactive ketones (excluding diaryl/α,β-unsaturated/α-hetero) is 2. The zero-order chi connectivity index (χ0) is 17.5. The quantitative estimate of drug-likeness (QED) is 0.569. The Hall–Kier alpha value is -1.82. The average Bonchev–Trinajstić information content (AvgIpc) is 2.83. The SMILES string of the molecule is COC1=C(C)C(=O)C2=C(C1=O)[C@H](CCl)CN2C(=O)OC(C)(C)C. The van der Waals surface area contributed by atoms with E-state index >= 15 is 0 Å². The molecule has 0 N–H and O–H groups in total. The Morgan fingerprint density at radius 2 is 1.91 bits per heavy atom. The summed E-state index contributed by atoms with van der Waals surface area (Å²) in [6.45, 7) is 6.85. The number of ketones is 2. The van der Waals surface area contributed by atoms with Gasteiger partial charge in [0.25, 0.3) is 0 Å².